The lowest BCUT2D eigenvalue weighted by atomic mass is 10.2. The standard InChI is InChI=1S/C24H17ClN4OS/c1-15-17(25)11-12-21-22(15)28-24(31-21)29(14-16-7-3-2-4-8-16)23(30)20-13-26-18-9-5-6-10-19(18)27-20/h2-13H,14H2,1H3. The Balaban J connectivity index is 1.61. The molecule has 1 amide bonds. The van der Waals surface area contributed by atoms with Gasteiger partial charge >= 0.3 is 0 Å². The summed E-state index contributed by atoms with van der Waals surface area (Å²) in [6.07, 6.45) is 1.53. The summed E-state index contributed by atoms with van der Waals surface area (Å²) >= 11 is 7.75. The number of amides is 1. The first kappa shape index (κ1) is 19.6. The van der Waals surface area contributed by atoms with Gasteiger partial charge in [-0.1, -0.05) is 65.4 Å². The first-order valence-electron chi connectivity index (χ1n) is 9.73. The van der Waals surface area contributed by atoms with Gasteiger partial charge in [0.2, 0.25) is 0 Å². The van der Waals surface area contributed by atoms with Crippen LogP contribution in [0.3, 0.4) is 0 Å². The van der Waals surface area contributed by atoms with Gasteiger partial charge in [0.15, 0.2) is 5.13 Å². The molecule has 0 aliphatic rings. The van der Waals surface area contributed by atoms with E-state index in [9.17, 15) is 4.79 Å². The van der Waals surface area contributed by atoms with E-state index in [0.29, 0.717) is 22.2 Å². The number of aromatic nitrogens is 3. The molecule has 5 nitrogen and oxygen atoms in total. The first-order chi connectivity index (χ1) is 15.1. The van der Waals surface area contributed by atoms with Crippen molar-refractivity contribution in [3.8, 4) is 0 Å². The van der Waals surface area contributed by atoms with Crippen LogP contribution in [0.5, 0.6) is 0 Å². The van der Waals surface area contributed by atoms with Crippen LogP contribution in [0.15, 0.2) is 72.9 Å². The summed E-state index contributed by atoms with van der Waals surface area (Å²) in [6.45, 7) is 2.31. The molecular weight excluding hydrogens is 428 g/mol. The molecule has 152 valence electrons. The Bertz CT molecular complexity index is 1420. The zero-order chi connectivity index (χ0) is 21.4. The van der Waals surface area contributed by atoms with E-state index in [1.54, 1.807) is 4.90 Å². The number of halogens is 1. The van der Waals surface area contributed by atoms with Crippen molar-refractivity contribution in [2.45, 2.75) is 13.5 Å². The summed E-state index contributed by atoms with van der Waals surface area (Å²) < 4.78 is 0.979. The molecule has 0 fully saturated rings. The van der Waals surface area contributed by atoms with E-state index < -0.39 is 0 Å². The van der Waals surface area contributed by atoms with Gasteiger partial charge in [-0.3, -0.25) is 14.7 Å². The zero-order valence-corrected chi connectivity index (χ0v) is 18.2. The fourth-order valence-electron chi connectivity index (χ4n) is 3.40. The average Bonchev–Trinajstić information content (AvgIpc) is 3.25. The average molecular weight is 445 g/mol. The van der Waals surface area contributed by atoms with Crippen LogP contribution in [0.4, 0.5) is 5.13 Å². The summed E-state index contributed by atoms with van der Waals surface area (Å²) in [6, 6.07) is 21.1. The number of fused-ring (bicyclic) bond motifs is 2. The predicted octanol–water partition coefficient (Wildman–Crippen LogP) is 6.05. The third kappa shape index (κ3) is 3.76. The highest BCUT2D eigenvalue weighted by Crippen LogP contribution is 2.34. The van der Waals surface area contributed by atoms with Gasteiger partial charge < -0.3 is 0 Å². The summed E-state index contributed by atoms with van der Waals surface area (Å²) in [4.78, 5) is 29.0. The third-order valence-corrected chi connectivity index (χ3v) is 6.52. The molecule has 31 heavy (non-hydrogen) atoms. The number of thiazole rings is 1. The molecule has 0 spiro atoms. The molecule has 0 saturated carbocycles. The van der Waals surface area contributed by atoms with Gasteiger partial charge in [-0.25, -0.2) is 9.97 Å². The minimum absolute atomic E-state index is 0.245. The van der Waals surface area contributed by atoms with Gasteiger partial charge in [-0.15, -0.1) is 0 Å². The highest BCUT2D eigenvalue weighted by Gasteiger charge is 2.24. The maximum Gasteiger partial charge on any atom is 0.280 e. The van der Waals surface area contributed by atoms with E-state index in [2.05, 4.69) is 9.97 Å². The molecule has 2 heterocycles. The van der Waals surface area contributed by atoms with Crippen molar-refractivity contribution in [1.29, 1.82) is 0 Å². The van der Waals surface area contributed by atoms with E-state index in [1.807, 2.05) is 73.7 Å². The molecule has 0 saturated heterocycles. The molecule has 0 radical (unpaired) electrons. The Kier molecular flexibility index (Phi) is 5.10. The fourth-order valence-corrected chi connectivity index (χ4v) is 4.57. The van der Waals surface area contributed by atoms with E-state index in [1.165, 1.54) is 17.5 Å². The van der Waals surface area contributed by atoms with Crippen LogP contribution in [0.25, 0.3) is 21.3 Å². The Labute approximate surface area is 188 Å². The first-order valence-corrected chi connectivity index (χ1v) is 10.9. The summed E-state index contributed by atoms with van der Waals surface area (Å²) in [5.74, 6) is -0.245. The molecule has 2 aromatic heterocycles. The second-order valence-corrected chi connectivity index (χ2v) is 8.55. The van der Waals surface area contributed by atoms with Crippen LogP contribution in [-0.2, 0) is 6.54 Å². The molecular formula is C24H17ClN4OS. The zero-order valence-electron chi connectivity index (χ0n) is 16.6. The van der Waals surface area contributed by atoms with Gasteiger partial charge in [0.05, 0.1) is 34.0 Å². The minimum Gasteiger partial charge on any atom is -0.278 e. The van der Waals surface area contributed by atoms with Crippen LogP contribution < -0.4 is 4.90 Å². The van der Waals surface area contributed by atoms with Gasteiger partial charge in [0.25, 0.3) is 5.91 Å². The second kappa shape index (κ2) is 8.06. The molecule has 0 aliphatic carbocycles. The van der Waals surface area contributed by atoms with Crippen LogP contribution in [0.1, 0.15) is 21.6 Å². The molecule has 3 aromatic carbocycles. The fraction of sp³-hybridized carbons (Fsp3) is 0.0833. The minimum atomic E-state index is -0.245. The maximum atomic E-state index is 13.6. The maximum absolute atomic E-state index is 13.6. The number of carbonyl (C=O) groups excluding carboxylic acids is 1. The third-order valence-electron chi connectivity index (χ3n) is 5.06. The largest absolute Gasteiger partial charge is 0.280 e. The van der Waals surface area contributed by atoms with Crippen LogP contribution >= 0.6 is 22.9 Å². The van der Waals surface area contributed by atoms with Gasteiger partial charge in [0.1, 0.15) is 5.69 Å². The molecule has 0 atom stereocenters. The van der Waals surface area contributed by atoms with Crippen LogP contribution in [0, 0.1) is 6.92 Å². The van der Waals surface area contributed by atoms with Crippen molar-refractivity contribution in [2.24, 2.45) is 0 Å². The van der Waals surface area contributed by atoms with Crippen molar-refractivity contribution < 1.29 is 4.79 Å². The van der Waals surface area contributed by atoms with Crippen molar-refractivity contribution in [1.82, 2.24) is 15.0 Å². The summed E-state index contributed by atoms with van der Waals surface area (Å²) in [5.41, 5.74) is 4.42. The number of hydrogen-bond donors (Lipinski definition) is 0. The molecule has 0 bridgehead atoms. The molecule has 7 heteroatoms. The van der Waals surface area contributed by atoms with E-state index in [-0.39, 0.29) is 11.6 Å². The number of para-hydroxylation sites is 2. The molecule has 5 rings (SSSR count). The normalized spacial score (nSPS) is 11.2. The topological polar surface area (TPSA) is 59.0 Å². The Morgan fingerprint density at radius 3 is 2.52 bits per heavy atom. The lowest BCUT2D eigenvalue weighted by Crippen LogP contribution is -2.31. The highest BCUT2D eigenvalue weighted by molar-refractivity contribution is 7.22. The molecule has 0 N–H and O–H groups in total. The second-order valence-electron chi connectivity index (χ2n) is 7.14. The van der Waals surface area contributed by atoms with Gasteiger partial charge in [0, 0.05) is 5.02 Å². The number of hydrogen-bond acceptors (Lipinski definition) is 5. The summed E-state index contributed by atoms with van der Waals surface area (Å²) in [7, 11) is 0. The lowest BCUT2D eigenvalue weighted by molar-refractivity contribution is 0.0980. The van der Waals surface area contributed by atoms with Crippen molar-refractivity contribution in [2.75, 3.05) is 4.90 Å². The lowest BCUT2D eigenvalue weighted by Gasteiger charge is -2.19. The van der Waals surface area contributed by atoms with Gasteiger partial charge in [-0.05, 0) is 42.3 Å². The van der Waals surface area contributed by atoms with Crippen molar-refractivity contribution in [3.63, 3.8) is 0 Å². The number of anilines is 1. The van der Waals surface area contributed by atoms with Gasteiger partial charge in [-0.2, -0.15) is 0 Å². The Morgan fingerprint density at radius 2 is 1.71 bits per heavy atom. The van der Waals surface area contributed by atoms with E-state index >= 15 is 0 Å². The Hall–Kier alpha value is -3.35. The molecule has 0 aliphatic heterocycles. The SMILES string of the molecule is Cc1c(Cl)ccc2sc(N(Cc3ccccc3)C(=O)c3cnc4ccccc4n3)nc12. The number of rotatable bonds is 4. The predicted molar refractivity (Wildman–Crippen MR) is 126 cm³/mol. The Morgan fingerprint density at radius 1 is 0.968 bits per heavy atom. The van der Waals surface area contributed by atoms with Crippen LogP contribution in [0.2, 0.25) is 5.02 Å². The number of benzene rings is 3. The van der Waals surface area contributed by atoms with Crippen molar-refractivity contribution in [3.05, 3.63) is 94.8 Å². The number of carbonyl (C=O) groups is 1. The smallest absolute Gasteiger partial charge is 0.278 e. The highest BCUT2D eigenvalue weighted by atomic mass is 35.5. The summed E-state index contributed by atoms with van der Waals surface area (Å²) in [5, 5.41) is 1.26. The monoisotopic (exact) mass is 444 g/mol. The van der Waals surface area contributed by atoms with Crippen molar-refractivity contribution >= 4 is 55.2 Å². The molecule has 5 aromatic rings. The van der Waals surface area contributed by atoms with E-state index in [0.717, 1.165) is 26.9 Å². The van der Waals surface area contributed by atoms with E-state index in [4.69, 9.17) is 16.6 Å². The number of nitrogens with zero attached hydrogens (tertiary/aromatic N) is 4. The molecule has 0 unspecified atom stereocenters. The van der Waals surface area contributed by atoms with Crippen LogP contribution in [-0.4, -0.2) is 20.9 Å². The quantitative estimate of drug-likeness (QED) is 0.338. The number of aryl methyl sites for hydroxylation is 1.